The second kappa shape index (κ2) is 11.2. The second-order valence-corrected chi connectivity index (χ2v) is 7.60. The van der Waals surface area contributed by atoms with E-state index >= 15 is 0 Å². The van der Waals surface area contributed by atoms with E-state index in [-0.39, 0.29) is 24.5 Å². The molecule has 1 unspecified atom stereocenters. The second-order valence-electron chi connectivity index (χ2n) is 7.60. The number of amides is 2. The van der Waals surface area contributed by atoms with Crippen LogP contribution in [-0.2, 0) is 9.53 Å². The van der Waals surface area contributed by atoms with Gasteiger partial charge in [0.15, 0.2) is 0 Å². The number of benzene rings is 2. The molecule has 164 valence electrons. The molecule has 0 bridgehead atoms. The van der Waals surface area contributed by atoms with Crippen LogP contribution in [-0.4, -0.2) is 44.2 Å². The Morgan fingerprint density at radius 2 is 1.97 bits per heavy atom. The first-order valence-corrected chi connectivity index (χ1v) is 10.4. The third-order valence-electron chi connectivity index (χ3n) is 4.70. The number of carbonyl (C=O) groups excluding carboxylic acids is 2. The number of carbonyl (C=O) groups is 2. The van der Waals surface area contributed by atoms with Crippen molar-refractivity contribution in [3.8, 4) is 5.75 Å². The van der Waals surface area contributed by atoms with E-state index in [0.29, 0.717) is 35.8 Å². The fourth-order valence-corrected chi connectivity index (χ4v) is 3.14. The van der Waals surface area contributed by atoms with Gasteiger partial charge in [0.1, 0.15) is 12.4 Å². The van der Waals surface area contributed by atoms with Gasteiger partial charge < -0.3 is 25.4 Å². The van der Waals surface area contributed by atoms with Crippen LogP contribution in [0.4, 0.5) is 11.4 Å². The fourth-order valence-electron chi connectivity index (χ4n) is 3.14. The highest BCUT2D eigenvalue weighted by Crippen LogP contribution is 2.18. The van der Waals surface area contributed by atoms with E-state index in [1.54, 1.807) is 30.3 Å². The molecule has 0 aliphatic carbocycles. The zero-order valence-electron chi connectivity index (χ0n) is 17.8. The van der Waals surface area contributed by atoms with Crippen LogP contribution in [0.25, 0.3) is 0 Å². The van der Waals surface area contributed by atoms with Crippen LogP contribution in [0.2, 0.25) is 0 Å². The smallest absolute Gasteiger partial charge is 0.251 e. The first-order chi connectivity index (χ1) is 15.0. The molecule has 1 atom stereocenters. The van der Waals surface area contributed by atoms with Gasteiger partial charge in [-0.3, -0.25) is 9.59 Å². The van der Waals surface area contributed by atoms with Crippen LogP contribution >= 0.6 is 0 Å². The maximum absolute atomic E-state index is 12.4. The van der Waals surface area contributed by atoms with Crippen LogP contribution in [0.15, 0.2) is 60.7 Å². The summed E-state index contributed by atoms with van der Waals surface area (Å²) in [4.78, 5) is 24.7. The molecule has 0 spiro atoms. The normalized spacial score (nSPS) is 15.2. The minimum absolute atomic E-state index is 0.0673. The first kappa shape index (κ1) is 22.4. The maximum Gasteiger partial charge on any atom is 0.251 e. The first-order valence-electron chi connectivity index (χ1n) is 10.4. The molecule has 7 heteroatoms. The standard InChI is InChI=1S/C24H29N3O4/c1-17(2)16-31-21-9-4-8-20(13-21)27-23(28)15-25-19-7-3-6-18(12-19)24(29)26-14-22-10-5-11-30-22/h3-4,6-9,12-13,22,25H,1,5,10-11,14-16H2,2H3,(H,26,29)(H,27,28). The Morgan fingerprint density at radius 1 is 1.16 bits per heavy atom. The van der Waals surface area contributed by atoms with Crippen molar-refractivity contribution in [2.24, 2.45) is 0 Å². The average Bonchev–Trinajstić information content (AvgIpc) is 3.29. The molecule has 2 aromatic carbocycles. The summed E-state index contributed by atoms with van der Waals surface area (Å²) in [5.41, 5.74) is 2.79. The summed E-state index contributed by atoms with van der Waals surface area (Å²) in [7, 11) is 0. The van der Waals surface area contributed by atoms with Crippen LogP contribution in [0.5, 0.6) is 5.75 Å². The van der Waals surface area contributed by atoms with E-state index in [0.717, 1.165) is 25.0 Å². The van der Waals surface area contributed by atoms with Gasteiger partial charge in [-0.2, -0.15) is 0 Å². The highest BCUT2D eigenvalue weighted by molar-refractivity contribution is 5.96. The van der Waals surface area contributed by atoms with E-state index in [9.17, 15) is 9.59 Å². The van der Waals surface area contributed by atoms with E-state index in [4.69, 9.17) is 9.47 Å². The van der Waals surface area contributed by atoms with Gasteiger partial charge in [0.2, 0.25) is 5.91 Å². The van der Waals surface area contributed by atoms with Crippen LogP contribution in [0.3, 0.4) is 0 Å². The maximum atomic E-state index is 12.4. The molecule has 1 heterocycles. The molecule has 0 radical (unpaired) electrons. The van der Waals surface area contributed by atoms with Crippen LogP contribution in [0, 0.1) is 0 Å². The Morgan fingerprint density at radius 3 is 2.74 bits per heavy atom. The molecule has 2 amide bonds. The summed E-state index contributed by atoms with van der Waals surface area (Å²) in [6, 6.07) is 14.3. The third kappa shape index (κ3) is 7.46. The number of ether oxygens (including phenoxy) is 2. The summed E-state index contributed by atoms with van der Waals surface area (Å²) in [5, 5.41) is 8.78. The molecule has 3 rings (SSSR count). The highest BCUT2D eigenvalue weighted by Gasteiger charge is 2.16. The summed E-state index contributed by atoms with van der Waals surface area (Å²) in [5.74, 6) is 0.302. The lowest BCUT2D eigenvalue weighted by atomic mass is 10.1. The van der Waals surface area contributed by atoms with Gasteiger partial charge in [-0.15, -0.1) is 0 Å². The Kier molecular flexibility index (Phi) is 8.06. The Labute approximate surface area is 182 Å². The van der Waals surface area contributed by atoms with Gasteiger partial charge in [0, 0.05) is 36.2 Å². The van der Waals surface area contributed by atoms with E-state index < -0.39 is 0 Å². The zero-order valence-corrected chi connectivity index (χ0v) is 17.8. The largest absolute Gasteiger partial charge is 0.489 e. The quantitative estimate of drug-likeness (QED) is 0.508. The van der Waals surface area contributed by atoms with E-state index in [1.165, 1.54) is 0 Å². The molecule has 7 nitrogen and oxygen atoms in total. The summed E-state index contributed by atoms with van der Waals surface area (Å²) < 4.78 is 11.1. The van der Waals surface area contributed by atoms with Crippen LogP contribution in [0.1, 0.15) is 30.1 Å². The lowest BCUT2D eigenvalue weighted by Crippen LogP contribution is -2.31. The van der Waals surface area contributed by atoms with Crippen molar-refractivity contribution in [1.29, 1.82) is 0 Å². The number of hydrogen-bond donors (Lipinski definition) is 3. The molecule has 1 aliphatic heterocycles. The van der Waals surface area contributed by atoms with Gasteiger partial charge in [0.05, 0.1) is 12.6 Å². The Balaban J connectivity index is 1.47. The minimum Gasteiger partial charge on any atom is -0.489 e. The number of rotatable bonds is 10. The summed E-state index contributed by atoms with van der Waals surface area (Å²) in [6.45, 7) is 7.45. The predicted octanol–water partition coefficient (Wildman–Crippen LogP) is 3.60. The number of anilines is 2. The number of nitrogens with one attached hydrogen (secondary N) is 3. The third-order valence-corrected chi connectivity index (χ3v) is 4.70. The average molecular weight is 424 g/mol. The van der Waals surface area contributed by atoms with Gasteiger partial charge in [0.25, 0.3) is 5.91 Å². The molecule has 1 aliphatic rings. The van der Waals surface area contributed by atoms with Gasteiger partial charge in [-0.05, 0) is 55.7 Å². The van der Waals surface area contributed by atoms with E-state index in [1.807, 2.05) is 25.1 Å². The molecular weight excluding hydrogens is 394 g/mol. The Bertz CT molecular complexity index is 923. The van der Waals surface area contributed by atoms with Crippen molar-refractivity contribution in [3.63, 3.8) is 0 Å². The monoisotopic (exact) mass is 423 g/mol. The van der Waals surface area contributed by atoms with Crippen molar-refractivity contribution in [1.82, 2.24) is 5.32 Å². The lowest BCUT2D eigenvalue weighted by Gasteiger charge is -2.12. The Hall–Kier alpha value is -3.32. The minimum atomic E-state index is -0.203. The molecule has 1 fully saturated rings. The molecule has 1 saturated heterocycles. The molecule has 0 aromatic heterocycles. The summed E-state index contributed by atoms with van der Waals surface area (Å²) in [6.07, 6.45) is 2.10. The molecule has 0 saturated carbocycles. The van der Waals surface area contributed by atoms with Gasteiger partial charge in [-0.1, -0.05) is 18.7 Å². The van der Waals surface area contributed by atoms with Crippen molar-refractivity contribution >= 4 is 23.2 Å². The van der Waals surface area contributed by atoms with Crippen LogP contribution < -0.4 is 20.7 Å². The molecule has 3 N–H and O–H groups in total. The van der Waals surface area contributed by atoms with Crippen molar-refractivity contribution in [2.75, 3.05) is 36.9 Å². The SMILES string of the molecule is C=C(C)COc1cccc(NC(=O)CNc2cccc(C(=O)NCC3CCCO3)c2)c1. The molecule has 2 aromatic rings. The van der Waals surface area contributed by atoms with Gasteiger partial charge >= 0.3 is 0 Å². The zero-order chi connectivity index (χ0) is 22.1. The fraction of sp³-hybridized carbons (Fsp3) is 0.333. The topological polar surface area (TPSA) is 88.7 Å². The predicted molar refractivity (Wildman–Crippen MR) is 122 cm³/mol. The highest BCUT2D eigenvalue weighted by atomic mass is 16.5. The lowest BCUT2D eigenvalue weighted by molar-refractivity contribution is -0.114. The van der Waals surface area contributed by atoms with Crippen molar-refractivity contribution < 1.29 is 19.1 Å². The van der Waals surface area contributed by atoms with Crippen molar-refractivity contribution in [2.45, 2.75) is 25.9 Å². The summed E-state index contributed by atoms with van der Waals surface area (Å²) >= 11 is 0. The van der Waals surface area contributed by atoms with E-state index in [2.05, 4.69) is 22.5 Å². The number of hydrogen-bond acceptors (Lipinski definition) is 5. The molecule has 31 heavy (non-hydrogen) atoms. The van der Waals surface area contributed by atoms with Crippen molar-refractivity contribution in [3.05, 3.63) is 66.2 Å². The molecular formula is C24H29N3O4. The van der Waals surface area contributed by atoms with Gasteiger partial charge in [-0.25, -0.2) is 0 Å².